The molecule has 304 valence electrons. The van der Waals surface area contributed by atoms with Crippen LogP contribution in [0.3, 0.4) is 0 Å². The van der Waals surface area contributed by atoms with Crippen molar-refractivity contribution in [2.45, 2.75) is 119 Å². The van der Waals surface area contributed by atoms with E-state index in [-0.39, 0.29) is 53.8 Å². The Morgan fingerprint density at radius 3 is 2.28 bits per heavy atom. The second-order valence-corrected chi connectivity index (χ2v) is 15.9. The van der Waals surface area contributed by atoms with Gasteiger partial charge in [-0.05, 0) is 77.7 Å². The number of aldehydes is 1. The van der Waals surface area contributed by atoms with E-state index < -0.39 is 17.9 Å². The molecule has 5 heterocycles. The number of aromatic nitrogens is 3. The van der Waals surface area contributed by atoms with Crippen molar-refractivity contribution in [2.24, 2.45) is 17.8 Å². The maximum absolute atomic E-state index is 14.3. The van der Waals surface area contributed by atoms with Crippen molar-refractivity contribution in [3.05, 3.63) is 94.4 Å². The van der Waals surface area contributed by atoms with Crippen LogP contribution < -0.4 is 36.3 Å². The molecule has 0 fully saturated rings. The third-order valence-corrected chi connectivity index (χ3v) is 12.3. The second-order valence-electron chi connectivity index (χ2n) is 15.9. The minimum absolute atomic E-state index is 0. The van der Waals surface area contributed by atoms with E-state index in [0.29, 0.717) is 69.3 Å². The molecule has 2 aliphatic heterocycles. The number of ketones is 1. The van der Waals surface area contributed by atoms with Gasteiger partial charge >= 0.3 is 35.0 Å². The van der Waals surface area contributed by atoms with Crippen LogP contribution >= 0.6 is 0 Å². The van der Waals surface area contributed by atoms with Gasteiger partial charge in [-0.15, -0.1) is 38.5 Å². The van der Waals surface area contributed by atoms with Gasteiger partial charge in [0.2, 0.25) is 0 Å². The first-order valence-electron chi connectivity index (χ1n) is 20.6. The Morgan fingerprint density at radius 2 is 1.60 bits per heavy atom. The topological polar surface area (TPSA) is 143 Å². The number of fused-ring (bicyclic) bond motifs is 8. The Balaban J connectivity index is 0.00000641. The van der Waals surface area contributed by atoms with E-state index in [1.54, 1.807) is 0 Å². The average Bonchev–Trinajstić information content (AvgIpc) is 3.94. The summed E-state index contributed by atoms with van der Waals surface area (Å²) in [6.07, 6.45) is 16.0. The van der Waals surface area contributed by atoms with Gasteiger partial charge in [-0.1, -0.05) is 110 Å². The van der Waals surface area contributed by atoms with Crippen molar-refractivity contribution in [1.82, 2.24) is 15.0 Å². The van der Waals surface area contributed by atoms with Crippen LogP contribution in [0.4, 0.5) is 0 Å². The van der Waals surface area contributed by atoms with E-state index in [4.69, 9.17) is 29.7 Å². The van der Waals surface area contributed by atoms with Gasteiger partial charge in [0.1, 0.15) is 18.8 Å². The van der Waals surface area contributed by atoms with Gasteiger partial charge in [0.15, 0.2) is 5.78 Å². The smallest absolute Gasteiger partial charge is 0.678 e. The zero-order valence-electron chi connectivity index (χ0n) is 35.7. The summed E-state index contributed by atoms with van der Waals surface area (Å²) < 4.78 is 10.9. The van der Waals surface area contributed by atoms with E-state index in [0.717, 1.165) is 58.0 Å². The largest absolute Gasteiger partial charge is 2.00 e. The maximum Gasteiger partial charge on any atom is 2.00 e. The minimum atomic E-state index is -1.23. The minimum Gasteiger partial charge on any atom is -0.678 e. The normalized spacial score (nSPS) is 20.6. The van der Waals surface area contributed by atoms with Gasteiger partial charge in [-0.3, -0.25) is 19.2 Å². The Labute approximate surface area is 357 Å². The molecular weight excluding hydrogens is 741 g/mol. The zero-order chi connectivity index (χ0) is 41.1. The molecule has 0 saturated carbocycles. The molecule has 0 spiro atoms. The molecule has 4 atom stereocenters. The SMILES string of the molecule is CCC[C@@H](C)CCC/C(C)=C/COC(=O)CC[C@H]1C(C)=C2/C=c3\[n-]/c(c(CC)c3C)=C\c3[n-]c(c(CC)c3C=O)/C=c3\[n-]c4c(c3C)C(=O)[C@H](C(=O)OC)C=4C1[N-]2.[Mg+2]. The number of methoxy groups -OCH3 is 1. The molecule has 0 N–H and O–H groups in total. The monoisotopic (exact) mass is 796 g/mol. The second kappa shape index (κ2) is 19.1. The van der Waals surface area contributed by atoms with E-state index >= 15 is 0 Å². The summed E-state index contributed by atoms with van der Waals surface area (Å²) in [5.41, 5.74) is 8.69. The van der Waals surface area contributed by atoms with Gasteiger partial charge < -0.3 is 29.7 Å². The van der Waals surface area contributed by atoms with Gasteiger partial charge in [-0.2, -0.15) is 0 Å². The Bertz CT molecular complexity index is 2410. The molecule has 1 unspecified atom stereocenters. The Hall–Kier alpha value is -4.35. The summed E-state index contributed by atoms with van der Waals surface area (Å²) in [6.45, 7) is 16.7. The molecule has 0 amide bonds. The predicted molar refractivity (Wildman–Crippen MR) is 227 cm³/mol. The third kappa shape index (κ3) is 8.67. The fourth-order valence-electron chi connectivity index (χ4n) is 8.98. The molecule has 11 heteroatoms. The van der Waals surface area contributed by atoms with E-state index in [2.05, 4.69) is 27.7 Å². The number of rotatable bonds is 15. The first-order chi connectivity index (χ1) is 27.4. The van der Waals surface area contributed by atoms with Crippen molar-refractivity contribution in [3.63, 3.8) is 0 Å². The fraction of sp³-hybridized carbons (Fsp3) is 0.489. The van der Waals surface area contributed by atoms with Crippen LogP contribution in [0.1, 0.15) is 141 Å². The quantitative estimate of drug-likeness (QED) is 0.0694. The van der Waals surface area contributed by atoms with Crippen LogP contribution in [0.25, 0.3) is 29.1 Å². The number of ether oxygens (including phenoxy) is 2. The van der Waals surface area contributed by atoms with Crippen molar-refractivity contribution in [2.75, 3.05) is 13.7 Å². The number of hydrogen-bond acceptors (Lipinski definition) is 6. The number of hydrogen-bond donors (Lipinski definition) is 0. The predicted octanol–water partition coefficient (Wildman–Crippen LogP) is 4.84. The number of carbonyl (C=O) groups is 4. The molecule has 1 aliphatic carbocycles. The van der Waals surface area contributed by atoms with Crippen molar-refractivity contribution in [1.29, 1.82) is 0 Å². The van der Waals surface area contributed by atoms with Gasteiger partial charge in [0, 0.05) is 17.5 Å². The van der Waals surface area contributed by atoms with Gasteiger partial charge in [0.25, 0.3) is 0 Å². The third-order valence-electron chi connectivity index (χ3n) is 12.3. The summed E-state index contributed by atoms with van der Waals surface area (Å²) in [4.78, 5) is 68.6. The van der Waals surface area contributed by atoms with Gasteiger partial charge in [0.05, 0.1) is 7.11 Å². The summed E-state index contributed by atoms with van der Waals surface area (Å²) in [5, 5.41) is 7.66. The number of nitrogens with zero attached hydrogens (tertiary/aromatic N) is 4. The number of esters is 2. The molecule has 3 aromatic rings. The molecule has 0 radical (unpaired) electrons. The van der Waals surface area contributed by atoms with E-state index in [1.807, 2.05) is 52.0 Å². The maximum atomic E-state index is 14.3. The first-order valence-corrected chi connectivity index (χ1v) is 20.6. The number of Topliss-reactive ketones (excluding diaryl/α,β-unsaturated/α-hetero) is 1. The molecule has 6 rings (SSSR count). The summed E-state index contributed by atoms with van der Waals surface area (Å²) >= 11 is 0. The van der Waals surface area contributed by atoms with E-state index in [1.165, 1.54) is 31.9 Å². The Morgan fingerprint density at radius 1 is 0.897 bits per heavy atom. The number of allylic oxidation sites excluding steroid dienone is 2. The first kappa shape index (κ1) is 44.7. The molecular formula is C47H56MgN4O6-2. The molecule has 0 saturated heterocycles. The van der Waals surface area contributed by atoms with Crippen LogP contribution in [0.2, 0.25) is 0 Å². The summed E-state index contributed by atoms with van der Waals surface area (Å²) in [7, 11) is 1.28. The number of carbonyl (C=O) groups excluding carboxylic acids is 4. The summed E-state index contributed by atoms with van der Waals surface area (Å²) in [6, 6.07) is -0.672. The standard InChI is InChI=1S/C47H57N4O6.Mg/c1-10-14-25(4)15-13-16-26(5)19-20-57-40(53)18-17-32-28(7)35-21-34-27(6)30(11-2)37(48-34)23-39-33(24-52)31(12-3)38(49-39)22-36-29(8)41-45(51-36)42(44(32)50-35)43(46(41)54)47(55)56-9;/h19,21-25,32,43-44H,10-18,20H2,1-9H3,(H-,48,49,52,54);/q-3;+2/p-1/b26-19+,34-21-;/t25-,32+,43-,44?;/m1./s1. The molecule has 3 aliphatic rings. The fourth-order valence-corrected chi connectivity index (χ4v) is 8.98. The van der Waals surface area contributed by atoms with Gasteiger partial charge in [-0.25, -0.2) is 0 Å². The molecule has 10 nitrogen and oxygen atoms in total. The molecule has 8 bridgehead atoms. The van der Waals surface area contributed by atoms with Crippen LogP contribution in [0.5, 0.6) is 0 Å². The molecule has 0 aromatic carbocycles. The van der Waals surface area contributed by atoms with Crippen LogP contribution in [0, 0.1) is 31.6 Å². The summed E-state index contributed by atoms with van der Waals surface area (Å²) in [5.74, 6) is -2.22. The van der Waals surface area contributed by atoms with Crippen LogP contribution in [0.15, 0.2) is 22.9 Å². The van der Waals surface area contributed by atoms with Crippen LogP contribution in [-0.2, 0) is 31.9 Å². The molecule has 3 aromatic heterocycles. The van der Waals surface area contributed by atoms with Crippen molar-refractivity contribution >= 4 is 70.9 Å². The van der Waals surface area contributed by atoms with Crippen LogP contribution in [-0.4, -0.2) is 66.8 Å². The zero-order valence-corrected chi connectivity index (χ0v) is 37.1. The average molecular weight is 797 g/mol. The van der Waals surface area contributed by atoms with Crippen molar-refractivity contribution in [3.8, 4) is 0 Å². The molecule has 58 heavy (non-hydrogen) atoms. The van der Waals surface area contributed by atoms with E-state index in [9.17, 15) is 19.2 Å². The Kier molecular flexibility index (Phi) is 14.8. The van der Waals surface area contributed by atoms with Crippen molar-refractivity contribution < 1.29 is 28.7 Å².